The van der Waals surface area contributed by atoms with Gasteiger partial charge in [0.2, 0.25) is 0 Å². The molecule has 0 radical (unpaired) electrons. The van der Waals surface area contributed by atoms with Crippen LogP contribution >= 0.6 is 25.3 Å². The first kappa shape index (κ1) is 20.5. The molecule has 0 fully saturated rings. The van der Waals surface area contributed by atoms with Gasteiger partial charge >= 0.3 is 5.97 Å². The second kappa shape index (κ2) is 9.80. The quantitative estimate of drug-likeness (QED) is 0.469. The van der Waals surface area contributed by atoms with Crippen molar-refractivity contribution in [2.75, 3.05) is 11.5 Å². The van der Waals surface area contributed by atoms with Gasteiger partial charge in [-0.25, -0.2) is 14.5 Å². The Balaban J connectivity index is 1.74. The van der Waals surface area contributed by atoms with Crippen LogP contribution in [-0.4, -0.2) is 37.3 Å². The summed E-state index contributed by atoms with van der Waals surface area (Å²) in [5, 5.41) is 13.9. The Morgan fingerprint density at radius 1 is 0.964 bits per heavy atom. The predicted octanol–water partition coefficient (Wildman–Crippen LogP) is 3.56. The maximum Gasteiger partial charge on any atom is 0.335 e. The highest BCUT2D eigenvalue weighted by atomic mass is 32.1. The zero-order chi connectivity index (χ0) is 19.9. The number of rotatable bonds is 9. The first-order chi connectivity index (χ1) is 13.6. The van der Waals surface area contributed by atoms with Gasteiger partial charge in [0.1, 0.15) is 5.82 Å². The molecular weight excluding hydrogens is 390 g/mol. The molecule has 146 valence electrons. The van der Waals surface area contributed by atoms with Gasteiger partial charge in [0, 0.05) is 12.8 Å². The Morgan fingerprint density at radius 3 is 2.32 bits per heavy atom. The highest BCUT2D eigenvalue weighted by molar-refractivity contribution is 7.80. The number of aryl methyl sites for hydroxylation is 2. The van der Waals surface area contributed by atoms with E-state index in [1.54, 1.807) is 12.1 Å². The van der Waals surface area contributed by atoms with Gasteiger partial charge < -0.3 is 5.11 Å². The first-order valence-corrected chi connectivity index (χ1v) is 10.4. The average molecular weight is 414 g/mol. The summed E-state index contributed by atoms with van der Waals surface area (Å²) in [7, 11) is 0. The number of nitrogens with zero attached hydrogens (tertiary/aromatic N) is 3. The second-order valence-corrected chi connectivity index (χ2v) is 7.40. The minimum absolute atomic E-state index is 0.349. The summed E-state index contributed by atoms with van der Waals surface area (Å²) in [4.78, 5) is 16.0. The van der Waals surface area contributed by atoms with E-state index in [-0.39, 0.29) is 0 Å². The molecule has 5 nitrogen and oxygen atoms in total. The van der Waals surface area contributed by atoms with E-state index in [0.717, 1.165) is 52.7 Å². The van der Waals surface area contributed by atoms with Crippen LogP contribution in [0, 0.1) is 0 Å². The molecule has 0 unspecified atom stereocenters. The van der Waals surface area contributed by atoms with E-state index in [0.29, 0.717) is 18.5 Å². The summed E-state index contributed by atoms with van der Waals surface area (Å²) >= 11 is 8.57. The molecule has 0 aliphatic rings. The Bertz CT molecular complexity index is 939. The van der Waals surface area contributed by atoms with Crippen LogP contribution in [0.15, 0.2) is 48.5 Å². The molecule has 0 spiro atoms. The van der Waals surface area contributed by atoms with Crippen molar-refractivity contribution >= 4 is 31.2 Å². The smallest absolute Gasteiger partial charge is 0.335 e. The fraction of sp³-hybridized carbons (Fsp3) is 0.286. The molecule has 3 aromatic rings. The van der Waals surface area contributed by atoms with Crippen molar-refractivity contribution in [3.8, 4) is 0 Å². The SMILES string of the molecule is O=C(O)c1ccccc1Cc1ccc(Cn2nc(CCS)nc2CCS)cc1. The lowest BCUT2D eigenvalue weighted by Gasteiger charge is -2.08. The molecule has 28 heavy (non-hydrogen) atoms. The second-order valence-electron chi connectivity index (χ2n) is 6.50. The molecule has 3 rings (SSSR count). The van der Waals surface area contributed by atoms with E-state index in [1.165, 1.54) is 0 Å². The summed E-state index contributed by atoms with van der Waals surface area (Å²) in [6.07, 6.45) is 2.10. The Hall–Kier alpha value is -2.25. The van der Waals surface area contributed by atoms with Crippen LogP contribution in [-0.2, 0) is 25.8 Å². The van der Waals surface area contributed by atoms with Gasteiger partial charge in [0.15, 0.2) is 5.82 Å². The number of carboxylic acids is 1. The molecule has 1 heterocycles. The monoisotopic (exact) mass is 413 g/mol. The van der Waals surface area contributed by atoms with Crippen LogP contribution in [0.5, 0.6) is 0 Å². The topological polar surface area (TPSA) is 68.0 Å². The molecule has 0 bridgehead atoms. The van der Waals surface area contributed by atoms with E-state index >= 15 is 0 Å². The fourth-order valence-corrected chi connectivity index (χ4v) is 3.48. The third-order valence-corrected chi connectivity index (χ3v) is 4.91. The number of hydrogen-bond acceptors (Lipinski definition) is 5. The molecule has 0 saturated carbocycles. The molecule has 7 heteroatoms. The van der Waals surface area contributed by atoms with Gasteiger partial charge in [-0.1, -0.05) is 42.5 Å². The molecule has 0 aliphatic carbocycles. The number of benzene rings is 2. The first-order valence-electron chi connectivity index (χ1n) is 9.14. The minimum atomic E-state index is -0.896. The average Bonchev–Trinajstić information content (AvgIpc) is 3.05. The molecule has 1 aromatic heterocycles. The molecule has 0 aliphatic heterocycles. The molecule has 0 saturated heterocycles. The normalized spacial score (nSPS) is 10.9. The van der Waals surface area contributed by atoms with Crippen molar-refractivity contribution in [2.45, 2.75) is 25.8 Å². The third-order valence-electron chi connectivity index (χ3n) is 4.46. The summed E-state index contributed by atoms with van der Waals surface area (Å²) in [6.45, 7) is 0.647. The maximum absolute atomic E-state index is 11.4. The van der Waals surface area contributed by atoms with Gasteiger partial charge in [0.25, 0.3) is 0 Å². The van der Waals surface area contributed by atoms with E-state index < -0.39 is 5.97 Å². The van der Waals surface area contributed by atoms with Crippen molar-refractivity contribution in [3.63, 3.8) is 0 Å². The van der Waals surface area contributed by atoms with Crippen molar-refractivity contribution in [2.24, 2.45) is 0 Å². The molecule has 0 atom stereocenters. The summed E-state index contributed by atoms with van der Waals surface area (Å²) in [6, 6.07) is 15.3. The van der Waals surface area contributed by atoms with E-state index in [4.69, 9.17) is 0 Å². The lowest BCUT2D eigenvalue weighted by Crippen LogP contribution is -2.08. The number of hydrogen-bond donors (Lipinski definition) is 3. The van der Waals surface area contributed by atoms with Gasteiger partial charge in [-0.15, -0.1) is 0 Å². The molecule has 2 aromatic carbocycles. The van der Waals surface area contributed by atoms with E-state index in [2.05, 4.69) is 47.5 Å². The Morgan fingerprint density at radius 2 is 1.64 bits per heavy atom. The highest BCUT2D eigenvalue weighted by Gasteiger charge is 2.11. The van der Waals surface area contributed by atoms with Crippen LogP contribution in [0.25, 0.3) is 0 Å². The number of thiol groups is 2. The Labute approximate surface area is 175 Å². The third kappa shape index (κ3) is 5.17. The molecular formula is C21H23N3O2S2. The predicted molar refractivity (Wildman–Crippen MR) is 117 cm³/mol. The maximum atomic E-state index is 11.4. The van der Waals surface area contributed by atoms with Gasteiger partial charge in [-0.05, 0) is 40.7 Å². The lowest BCUT2D eigenvalue weighted by atomic mass is 9.99. The number of carboxylic acid groups (broad SMARTS) is 1. The highest BCUT2D eigenvalue weighted by Crippen LogP contribution is 2.16. The standard InChI is InChI=1S/C21H23N3O2S2/c25-21(26)18-4-2-1-3-17(18)13-15-5-7-16(8-6-15)14-24-20(10-12-28)22-19(23-24)9-11-27/h1-8,27-28H,9-14H2,(H,25,26). The lowest BCUT2D eigenvalue weighted by molar-refractivity contribution is 0.0696. The summed E-state index contributed by atoms with van der Waals surface area (Å²) in [5.74, 6) is 2.30. The van der Waals surface area contributed by atoms with Crippen LogP contribution in [0.4, 0.5) is 0 Å². The molecule has 0 amide bonds. The number of aromatic nitrogens is 3. The summed E-state index contributed by atoms with van der Waals surface area (Å²) in [5.41, 5.74) is 3.36. The van der Waals surface area contributed by atoms with Crippen molar-refractivity contribution in [1.29, 1.82) is 0 Å². The number of aromatic carboxylic acids is 1. The largest absolute Gasteiger partial charge is 0.478 e. The summed E-state index contributed by atoms with van der Waals surface area (Å²) < 4.78 is 1.93. The van der Waals surface area contributed by atoms with E-state index in [9.17, 15) is 9.90 Å². The zero-order valence-corrected chi connectivity index (χ0v) is 17.2. The van der Waals surface area contributed by atoms with Gasteiger partial charge in [-0.3, -0.25) is 0 Å². The van der Waals surface area contributed by atoms with Crippen LogP contribution in [0.3, 0.4) is 0 Å². The minimum Gasteiger partial charge on any atom is -0.478 e. The van der Waals surface area contributed by atoms with Crippen molar-refractivity contribution in [3.05, 3.63) is 82.4 Å². The van der Waals surface area contributed by atoms with Crippen LogP contribution < -0.4 is 0 Å². The van der Waals surface area contributed by atoms with Crippen LogP contribution in [0.1, 0.15) is 38.7 Å². The van der Waals surface area contributed by atoms with Crippen LogP contribution in [0.2, 0.25) is 0 Å². The van der Waals surface area contributed by atoms with E-state index in [1.807, 2.05) is 28.9 Å². The molecule has 1 N–H and O–H groups in total. The zero-order valence-electron chi connectivity index (χ0n) is 15.5. The van der Waals surface area contributed by atoms with Gasteiger partial charge in [-0.2, -0.15) is 30.4 Å². The van der Waals surface area contributed by atoms with Crippen molar-refractivity contribution < 1.29 is 9.90 Å². The Kier molecular flexibility index (Phi) is 7.17. The van der Waals surface area contributed by atoms with Gasteiger partial charge in [0.05, 0.1) is 12.1 Å². The number of carbonyl (C=O) groups is 1. The van der Waals surface area contributed by atoms with Crippen molar-refractivity contribution in [1.82, 2.24) is 14.8 Å². The fourth-order valence-electron chi connectivity index (χ4n) is 3.08.